The van der Waals surface area contributed by atoms with Crippen LogP contribution in [0.25, 0.3) is 0 Å². The monoisotopic (exact) mass is 233 g/mol. The second-order valence-corrected chi connectivity index (χ2v) is 4.81. The van der Waals surface area contributed by atoms with Gasteiger partial charge in [0.05, 0.1) is 18.1 Å². The predicted octanol–water partition coefficient (Wildman–Crippen LogP) is -0.307. The number of carboxylic acid groups (broad SMARTS) is 1. The van der Waals surface area contributed by atoms with E-state index in [2.05, 4.69) is 5.32 Å². The highest BCUT2D eigenvalue weighted by atomic mass is 32.2. The summed E-state index contributed by atoms with van der Waals surface area (Å²) in [6, 6.07) is 0. The van der Waals surface area contributed by atoms with Crippen LogP contribution >= 0.6 is 11.8 Å². The van der Waals surface area contributed by atoms with Crippen LogP contribution in [0.4, 0.5) is 0 Å². The van der Waals surface area contributed by atoms with E-state index in [4.69, 9.17) is 10.2 Å². The number of amides is 1. The maximum absolute atomic E-state index is 11.2. The van der Waals surface area contributed by atoms with E-state index in [0.29, 0.717) is 6.54 Å². The van der Waals surface area contributed by atoms with Crippen LogP contribution in [0.15, 0.2) is 0 Å². The molecule has 3 N–H and O–H groups in total. The average Bonchev–Trinajstić information content (AvgIpc) is 2.95. The maximum atomic E-state index is 11.2. The number of carboxylic acids is 1. The third-order valence-corrected chi connectivity index (χ3v) is 3.33. The van der Waals surface area contributed by atoms with Crippen LogP contribution in [0.2, 0.25) is 0 Å². The molecule has 1 rings (SSSR count). The first-order valence-corrected chi connectivity index (χ1v) is 5.91. The van der Waals surface area contributed by atoms with Gasteiger partial charge in [-0.1, -0.05) is 0 Å². The zero-order chi connectivity index (χ0) is 11.3. The molecule has 86 valence electrons. The summed E-state index contributed by atoms with van der Waals surface area (Å²) in [5, 5.41) is 20.0. The molecule has 1 aliphatic rings. The molecule has 1 aliphatic carbocycles. The third kappa shape index (κ3) is 4.53. The number of hydrogen-bond acceptors (Lipinski definition) is 4. The van der Waals surface area contributed by atoms with Gasteiger partial charge in [0.2, 0.25) is 5.91 Å². The Morgan fingerprint density at radius 3 is 2.47 bits per heavy atom. The van der Waals surface area contributed by atoms with Crippen LogP contribution < -0.4 is 5.32 Å². The van der Waals surface area contributed by atoms with E-state index in [9.17, 15) is 9.59 Å². The largest absolute Gasteiger partial charge is 0.481 e. The topological polar surface area (TPSA) is 86.6 Å². The summed E-state index contributed by atoms with van der Waals surface area (Å²) in [5.74, 6) is -0.977. The van der Waals surface area contributed by atoms with Crippen molar-refractivity contribution >= 4 is 23.6 Å². The molecule has 1 saturated carbocycles. The maximum Gasteiger partial charge on any atom is 0.313 e. The fourth-order valence-corrected chi connectivity index (χ4v) is 1.70. The minimum atomic E-state index is -0.915. The summed E-state index contributed by atoms with van der Waals surface area (Å²) in [5.41, 5.74) is -0.0902. The van der Waals surface area contributed by atoms with Gasteiger partial charge >= 0.3 is 5.97 Å². The van der Waals surface area contributed by atoms with Crippen molar-refractivity contribution in [3.05, 3.63) is 0 Å². The number of nitrogens with one attached hydrogen (secondary N) is 1. The van der Waals surface area contributed by atoms with Crippen molar-refractivity contribution in [3.8, 4) is 0 Å². The molecule has 1 fully saturated rings. The van der Waals surface area contributed by atoms with Crippen molar-refractivity contribution < 1.29 is 19.8 Å². The lowest BCUT2D eigenvalue weighted by Crippen LogP contribution is -2.33. The molecule has 0 saturated heterocycles. The van der Waals surface area contributed by atoms with Crippen molar-refractivity contribution in [1.29, 1.82) is 0 Å². The molecular formula is C9H15NO4S. The third-order valence-electron chi connectivity index (χ3n) is 2.41. The molecule has 0 bridgehead atoms. The molecule has 0 unspecified atom stereocenters. The van der Waals surface area contributed by atoms with E-state index in [1.807, 2.05) is 0 Å². The summed E-state index contributed by atoms with van der Waals surface area (Å²) < 4.78 is 0. The second-order valence-electron chi connectivity index (χ2n) is 3.82. The van der Waals surface area contributed by atoms with Gasteiger partial charge in [-0.05, 0) is 12.8 Å². The van der Waals surface area contributed by atoms with Gasteiger partial charge in [-0.3, -0.25) is 9.59 Å². The van der Waals surface area contributed by atoms with E-state index < -0.39 is 5.97 Å². The Bertz CT molecular complexity index is 252. The van der Waals surface area contributed by atoms with E-state index in [0.717, 1.165) is 24.6 Å². The molecule has 6 heteroatoms. The van der Waals surface area contributed by atoms with Gasteiger partial charge in [-0.2, -0.15) is 0 Å². The van der Waals surface area contributed by atoms with Crippen LogP contribution in [-0.4, -0.2) is 46.7 Å². The lowest BCUT2D eigenvalue weighted by molar-refractivity contribution is -0.133. The zero-order valence-corrected chi connectivity index (χ0v) is 9.18. The summed E-state index contributed by atoms with van der Waals surface area (Å²) >= 11 is 1.07. The molecule has 0 atom stereocenters. The first-order chi connectivity index (χ1) is 7.08. The Morgan fingerprint density at radius 2 is 2.00 bits per heavy atom. The first kappa shape index (κ1) is 12.3. The number of aliphatic hydroxyl groups excluding tert-OH is 1. The molecule has 15 heavy (non-hydrogen) atoms. The molecule has 0 aromatic heterocycles. The Balaban J connectivity index is 2.06. The highest BCUT2D eigenvalue weighted by Gasteiger charge is 2.41. The fourth-order valence-electron chi connectivity index (χ4n) is 1.14. The van der Waals surface area contributed by atoms with Gasteiger partial charge in [0.25, 0.3) is 0 Å². The van der Waals surface area contributed by atoms with Crippen LogP contribution in [-0.2, 0) is 9.59 Å². The number of hydrogen-bond donors (Lipinski definition) is 3. The van der Waals surface area contributed by atoms with Gasteiger partial charge in [-0.15, -0.1) is 11.8 Å². The van der Waals surface area contributed by atoms with Crippen molar-refractivity contribution in [2.24, 2.45) is 5.41 Å². The summed E-state index contributed by atoms with van der Waals surface area (Å²) in [4.78, 5) is 21.4. The van der Waals surface area contributed by atoms with Crippen molar-refractivity contribution in [2.45, 2.75) is 12.8 Å². The van der Waals surface area contributed by atoms with Gasteiger partial charge in [0.15, 0.2) is 0 Å². The van der Waals surface area contributed by atoms with Crippen LogP contribution in [0.5, 0.6) is 0 Å². The molecule has 0 aliphatic heterocycles. The molecule has 0 aromatic rings. The van der Waals surface area contributed by atoms with Crippen LogP contribution in [0.1, 0.15) is 12.8 Å². The number of rotatable bonds is 7. The van der Waals surface area contributed by atoms with E-state index >= 15 is 0 Å². The van der Waals surface area contributed by atoms with E-state index in [1.54, 1.807) is 0 Å². The van der Waals surface area contributed by atoms with Crippen molar-refractivity contribution in [1.82, 2.24) is 5.32 Å². The van der Waals surface area contributed by atoms with Gasteiger partial charge in [0, 0.05) is 12.0 Å². The smallest absolute Gasteiger partial charge is 0.313 e. The van der Waals surface area contributed by atoms with Crippen molar-refractivity contribution in [2.75, 3.05) is 24.7 Å². The Morgan fingerprint density at radius 1 is 1.33 bits per heavy atom. The molecule has 0 radical (unpaired) electrons. The highest BCUT2D eigenvalue weighted by molar-refractivity contribution is 8.00. The van der Waals surface area contributed by atoms with Gasteiger partial charge in [0.1, 0.15) is 0 Å². The lowest BCUT2D eigenvalue weighted by atomic mass is 10.1. The summed E-state index contributed by atoms with van der Waals surface area (Å²) in [6.07, 6.45) is 1.90. The summed E-state index contributed by atoms with van der Waals surface area (Å²) in [6.45, 7) is 0.603. The second kappa shape index (κ2) is 5.37. The minimum absolute atomic E-state index is 0.0570. The van der Waals surface area contributed by atoms with Gasteiger partial charge in [-0.25, -0.2) is 0 Å². The van der Waals surface area contributed by atoms with E-state index in [1.165, 1.54) is 0 Å². The quantitative estimate of drug-likeness (QED) is 0.561. The average molecular weight is 233 g/mol. The molecular weight excluding hydrogens is 218 g/mol. The first-order valence-electron chi connectivity index (χ1n) is 4.75. The Kier molecular flexibility index (Phi) is 4.41. The number of carbonyl (C=O) groups is 2. The lowest BCUT2D eigenvalue weighted by Gasteiger charge is -2.12. The normalized spacial score (nSPS) is 17.1. The number of carbonyl (C=O) groups excluding carboxylic acids is 1. The van der Waals surface area contributed by atoms with Crippen molar-refractivity contribution in [3.63, 3.8) is 0 Å². The van der Waals surface area contributed by atoms with Crippen LogP contribution in [0, 0.1) is 5.41 Å². The standard InChI is InChI=1S/C9H15NO4S/c11-6-9(1-2-9)5-10-7(12)3-15-4-8(13)14/h11H,1-6H2,(H,10,12)(H,13,14). The molecule has 0 spiro atoms. The molecule has 1 amide bonds. The number of thioether (sulfide) groups is 1. The highest BCUT2D eigenvalue weighted by Crippen LogP contribution is 2.44. The Labute approximate surface area is 92.2 Å². The fraction of sp³-hybridized carbons (Fsp3) is 0.778. The predicted molar refractivity (Wildman–Crippen MR) is 56.7 cm³/mol. The minimum Gasteiger partial charge on any atom is -0.481 e. The molecule has 0 aromatic carbocycles. The summed E-state index contributed by atoms with van der Waals surface area (Å²) in [7, 11) is 0. The molecule has 5 nitrogen and oxygen atoms in total. The van der Waals surface area contributed by atoms with E-state index in [-0.39, 0.29) is 29.4 Å². The Hall–Kier alpha value is -0.750. The molecule has 0 heterocycles. The zero-order valence-electron chi connectivity index (χ0n) is 8.36. The van der Waals surface area contributed by atoms with Crippen LogP contribution in [0.3, 0.4) is 0 Å². The van der Waals surface area contributed by atoms with Gasteiger partial charge < -0.3 is 15.5 Å². The number of aliphatic hydroxyl groups is 1. The number of aliphatic carboxylic acids is 1. The SMILES string of the molecule is O=C(O)CSCC(=O)NCC1(CO)CC1.